The van der Waals surface area contributed by atoms with Crippen LogP contribution in [0.15, 0.2) is 48.5 Å². The molecular formula is C22H30N2O3. The van der Waals surface area contributed by atoms with E-state index in [2.05, 4.69) is 17.6 Å². The van der Waals surface area contributed by atoms with Crippen LogP contribution in [0.3, 0.4) is 0 Å². The highest BCUT2D eigenvalue weighted by molar-refractivity contribution is 5.80. The molecule has 5 heteroatoms. The van der Waals surface area contributed by atoms with Gasteiger partial charge in [0.25, 0.3) is 0 Å². The van der Waals surface area contributed by atoms with Gasteiger partial charge in [0.2, 0.25) is 5.91 Å². The number of rotatable bonds is 10. The molecule has 0 aliphatic carbocycles. The number of ether oxygens (including phenoxy) is 2. The highest BCUT2D eigenvalue weighted by atomic mass is 16.5. The molecule has 0 aliphatic heterocycles. The molecule has 2 N–H and O–H groups in total. The summed E-state index contributed by atoms with van der Waals surface area (Å²) in [6.07, 6.45) is 1.31. The van der Waals surface area contributed by atoms with Crippen LogP contribution in [0.1, 0.15) is 39.7 Å². The van der Waals surface area contributed by atoms with E-state index in [9.17, 15) is 4.79 Å². The van der Waals surface area contributed by atoms with Gasteiger partial charge in [-0.05, 0) is 69.2 Å². The van der Waals surface area contributed by atoms with Crippen molar-refractivity contribution in [2.45, 2.75) is 52.9 Å². The Morgan fingerprint density at radius 3 is 2.11 bits per heavy atom. The average Bonchev–Trinajstić information content (AvgIpc) is 2.66. The van der Waals surface area contributed by atoms with Gasteiger partial charge in [-0.2, -0.15) is 0 Å². The monoisotopic (exact) mass is 370 g/mol. The molecule has 1 atom stereocenters. The smallest absolute Gasteiger partial charge is 0.239 e. The largest absolute Gasteiger partial charge is 0.491 e. The third-order valence-electron chi connectivity index (χ3n) is 4.00. The molecule has 0 fully saturated rings. The molecule has 0 bridgehead atoms. The average molecular weight is 370 g/mol. The molecule has 0 saturated heterocycles. The topological polar surface area (TPSA) is 59.6 Å². The first-order chi connectivity index (χ1) is 13.0. The van der Waals surface area contributed by atoms with Crippen LogP contribution in [0.4, 0.5) is 5.69 Å². The number of carbonyl (C=O) groups is 1. The van der Waals surface area contributed by atoms with E-state index in [1.807, 2.05) is 69.3 Å². The second-order valence-corrected chi connectivity index (χ2v) is 6.80. The summed E-state index contributed by atoms with van der Waals surface area (Å²) >= 11 is 0. The quantitative estimate of drug-likeness (QED) is 0.652. The molecule has 5 nitrogen and oxygen atoms in total. The summed E-state index contributed by atoms with van der Waals surface area (Å²) in [6.45, 7) is 8.83. The summed E-state index contributed by atoms with van der Waals surface area (Å²) in [7, 11) is 0. The molecule has 0 aromatic heterocycles. The highest BCUT2D eigenvalue weighted by Gasteiger charge is 2.04. The lowest BCUT2D eigenvalue weighted by Gasteiger charge is -2.13. The van der Waals surface area contributed by atoms with Gasteiger partial charge in [0, 0.05) is 12.2 Å². The molecule has 146 valence electrons. The predicted molar refractivity (Wildman–Crippen MR) is 109 cm³/mol. The Hall–Kier alpha value is -2.69. The first-order valence-electron chi connectivity index (χ1n) is 9.49. The van der Waals surface area contributed by atoms with Crippen LogP contribution in [0.2, 0.25) is 0 Å². The van der Waals surface area contributed by atoms with Crippen molar-refractivity contribution in [2.75, 3.05) is 11.9 Å². The van der Waals surface area contributed by atoms with E-state index >= 15 is 0 Å². The number of carbonyl (C=O) groups excluding carboxylic acids is 1. The van der Waals surface area contributed by atoms with Crippen molar-refractivity contribution in [2.24, 2.45) is 0 Å². The van der Waals surface area contributed by atoms with Crippen LogP contribution < -0.4 is 20.1 Å². The van der Waals surface area contributed by atoms with Crippen molar-refractivity contribution < 1.29 is 14.3 Å². The van der Waals surface area contributed by atoms with Gasteiger partial charge < -0.3 is 20.1 Å². The Labute approximate surface area is 162 Å². The first-order valence-corrected chi connectivity index (χ1v) is 9.49. The molecule has 27 heavy (non-hydrogen) atoms. The molecular weight excluding hydrogens is 340 g/mol. The number of benzene rings is 2. The number of anilines is 1. The van der Waals surface area contributed by atoms with Gasteiger partial charge in [0.05, 0.1) is 18.8 Å². The first kappa shape index (κ1) is 20.6. The molecule has 2 aromatic rings. The predicted octanol–water partition coefficient (Wildman–Crippen LogP) is 4.38. The minimum atomic E-state index is -0.0579. The molecule has 0 heterocycles. The van der Waals surface area contributed by atoms with Gasteiger partial charge in [-0.15, -0.1) is 0 Å². The number of amides is 1. The van der Waals surface area contributed by atoms with E-state index in [4.69, 9.17) is 9.47 Å². The summed E-state index contributed by atoms with van der Waals surface area (Å²) in [6, 6.07) is 15.4. The van der Waals surface area contributed by atoms with Gasteiger partial charge in [-0.1, -0.05) is 19.1 Å². The van der Waals surface area contributed by atoms with Gasteiger partial charge in [0.1, 0.15) is 11.5 Å². The minimum Gasteiger partial charge on any atom is -0.491 e. The Morgan fingerprint density at radius 1 is 0.926 bits per heavy atom. The van der Waals surface area contributed by atoms with Gasteiger partial charge in [-0.25, -0.2) is 0 Å². The van der Waals surface area contributed by atoms with E-state index in [0.717, 1.165) is 29.2 Å². The van der Waals surface area contributed by atoms with Crippen LogP contribution in [-0.4, -0.2) is 24.7 Å². The zero-order valence-electron chi connectivity index (χ0n) is 16.6. The maximum Gasteiger partial charge on any atom is 0.239 e. The van der Waals surface area contributed by atoms with Crippen molar-refractivity contribution in [3.05, 3.63) is 54.1 Å². The standard InChI is InChI=1S/C22H30N2O3/c1-5-17(4)27-21-12-8-19(9-13-21)23-15-22(25)24-14-18-6-10-20(11-7-18)26-16(2)3/h6-13,16-17,23H,5,14-15H2,1-4H3,(H,24,25). The normalized spacial score (nSPS) is 11.7. The third kappa shape index (κ3) is 7.60. The molecule has 0 aliphatic rings. The minimum absolute atomic E-state index is 0.0579. The maximum absolute atomic E-state index is 12.0. The van der Waals surface area contributed by atoms with Crippen molar-refractivity contribution >= 4 is 11.6 Å². The van der Waals surface area contributed by atoms with Crippen LogP contribution in [0.25, 0.3) is 0 Å². The molecule has 2 aromatic carbocycles. The van der Waals surface area contributed by atoms with Crippen molar-refractivity contribution in [1.29, 1.82) is 0 Å². The SMILES string of the molecule is CCC(C)Oc1ccc(NCC(=O)NCc2ccc(OC(C)C)cc2)cc1. The lowest BCUT2D eigenvalue weighted by Crippen LogP contribution is -2.29. The fourth-order valence-electron chi connectivity index (χ4n) is 2.37. The highest BCUT2D eigenvalue weighted by Crippen LogP contribution is 2.17. The van der Waals surface area contributed by atoms with Crippen LogP contribution in [-0.2, 0) is 11.3 Å². The summed E-state index contributed by atoms with van der Waals surface area (Å²) in [5, 5.41) is 6.03. The molecule has 0 saturated carbocycles. The number of nitrogens with one attached hydrogen (secondary N) is 2. The summed E-state index contributed by atoms with van der Waals surface area (Å²) in [5.41, 5.74) is 1.92. The Morgan fingerprint density at radius 2 is 1.52 bits per heavy atom. The van der Waals surface area contributed by atoms with E-state index in [-0.39, 0.29) is 24.7 Å². The molecule has 0 radical (unpaired) electrons. The summed E-state index contributed by atoms with van der Waals surface area (Å²) in [4.78, 5) is 12.0. The zero-order valence-corrected chi connectivity index (χ0v) is 16.6. The van der Waals surface area contributed by atoms with E-state index in [1.54, 1.807) is 0 Å². The zero-order chi connectivity index (χ0) is 19.6. The number of hydrogen-bond donors (Lipinski definition) is 2. The lowest BCUT2D eigenvalue weighted by atomic mass is 10.2. The fourth-order valence-corrected chi connectivity index (χ4v) is 2.37. The maximum atomic E-state index is 12.0. The van der Waals surface area contributed by atoms with E-state index in [1.165, 1.54) is 0 Å². The van der Waals surface area contributed by atoms with Crippen LogP contribution >= 0.6 is 0 Å². The lowest BCUT2D eigenvalue weighted by molar-refractivity contribution is -0.119. The Kier molecular flexibility index (Phi) is 7.99. The summed E-state index contributed by atoms with van der Waals surface area (Å²) < 4.78 is 11.4. The van der Waals surface area contributed by atoms with Crippen molar-refractivity contribution in [3.63, 3.8) is 0 Å². The van der Waals surface area contributed by atoms with Gasteiger partial charge in [0.15, 0.2) is 0 Å². The number of hydrogen-bond acceptors (Lipinski definition) is 4. The molecule has 1 unspecified atom stereocenters. The van der Waals surface area contributed by atoms with E-state index in [0.29, 0.717) is 6.54 Å². The van der Waals surface area contributed by atoms with Gasteiger partial charge >= 0.3 is 0 Å². The second-order valence-electron chi connectivity index (χ2n) is 6.80. The molecule has 2 rings (SSSR count). The molecule has 1 amide bonds. The summed E-state index contributed by atoms with van der Waals surface area (Å²) in [5.74, 6) is 1.61. The van der Waals surface area contributed by atoms with Crippen LogP contribution in [0, 0.1) is 0 Å². The van der Waals surface area contributed by atoms with E-state index < -0.39 is 0 Å². The van der Waals surface area contributed by atoms with Crippen LogP contribution in [0.5, 0.6) is 11.5 Å². The third-order valence-corrected chi connectivity index (χ3v) is 4.00. The Balaban J connectivity index is 1.72. The second kappa shape index (κ2) is 10.5. The van der Waals surface area contributed by atoms with Crippen molar-refractivity contribution in [1.82, 2.24) is 5.32 Å². The Bertz CT molecular complexity index is 697. The fraction of sp³-hybridized carbons (Fsp3) is 0.409. The van der Waals surface area contributed by atoms with Crippen molar-refractivity contribution in [3.8, 4) is 11.5 Å². The molecule has 0 spiro atoms. The van der Waals surface area contributed by atoms with Gasteiger partial charge in [-0.3, -0.25) is 4.79 Å².